The molecule has 2 fully saturated rings. The molecule has 0 spiro atoms. The van der Waals surface area contributed by atoms with Gasteiger partial charge in [-0.1, -0.05) is 45.4 Å². The van der Waals surface area contributed by atoms with Crippen LogP contribution in [-0.4, -0.2) is 24.2 Å². The van der Waals surface area contributed by atoms with Crippen molar-refractivity contribution in [1.29, 1.82) is 0 Å². The van der Waals surface area contributed by atoms with E-state index < -0.39 is 0 Å². The smallest absolute Gasteiger partial charge is 0.0461 e. The predicted molar refractivity (Wildman–Crippen MR) is 104 cm³/mol. The SMILES string of the molecule is C.CC1CC(N)C(N)CC1C.CC1CC(N=[N+]=[N-])C(N=[N+]=[N-])CC1C. The lowest BCUT2D eigenvalue weighted by Crippen LogP contribution is -2.48. The molecule has 0 saturated heterocycles. The van der Waals surface area contributed by atoms with Gasteiger partial charge in [0.05, 0.1) is 0 Å². The lowest BCUT2D eigenvalue weighted by molar-refractivity contribution is 0.224. The highest BCUT2D eigenvalue weighted by atomic mass is 15.2. The van der Waals surface area contributed by atoms with Gasteiger partial charge in [0.25, 0.3) is 0 Å². The van der Waals surface area contributed by atoms with E-state index in [0.29, 0.717) is 11.8 Å². The summed E-state index contributed by atoms with van der Waals surface area (Å²) < 4.78 is 0. The van der Waals surface area contributed by atoms with E-state index in [4.69, 9.17) is 22.5 Å². The van der Waals surface area contributed by atoms with Crippen molar-refractivity contribution in [3.8, 4) is 0 Å². The van der Waals surface area contributed by atoms with E-state index in [9.17, 15) is 0 Å². The van der Waals surface area contributed by atoms with E-state index in [1.54, 1.807) is 0 Å². The maximum absolute atomic E-state index is 8.38. The van der Waals surface area contributed by atoms with Gasteiger partial charge in [-0.2, -0.15) is 0 Å². The van der Waals surface area contributed by atoms with Gasteiger partial charge in [0, 0.05) is 34.0 Å². The van der Waals surface area contributed by atoms with Crippen molar-refractivity contribution in [2.75, 3.05) is 0 Å². The standard InChI is InChI=1S/C8H14N6.C8H18N2.CH4/c1-5-3-7(11-13-9)8(12-14-10)4-6(5)2;1-5-3-7(9)8(10)4-6(5)2;/h5-8H,3-4H2,1-2H3;5-8H,3-4,9-10H2,1-2H3;1H4. The number of hydrogen-bond donors (Lipinski definition) is 2. The van der Waals surface area contributed by atoms with Crippen molar-refractivity contribution in [3.05, 3.63) is 20.9 Å². The molecule has 2 aliphatic carbocycles. The molecular formula is C17H36N8. The fraction of sp³-hybridized carbons (Fsp3) is 1.00. The summed E-state index contributed by atoms with van der Waals surface area (Å²) in [7, 11) is 0. The zero-order valence-electron chi connectivity index (χ0n) is 15.3. The van der Waals surface area contributed by atoms with Crippen molar-refractivity contribution in [1.82, 2.24) is 0 Å². The molecule has 0 heterocycles. The van der Waals surface area contributed by atoms with Crippen LogP contribution < -0.4 is 11.5 Å². The Morgan fingerprint density at radius 3 is 1.24 bits per heavy atom. The average Bonchev–Trinajstić information content (AvgIpc) is 2.51. The third-order valence-corrected chi connectivity index (χ3v) is 5.85. The summed E-state index contributed by atoms with van der Waals surface area (Å²) >= 11 is 0. The number of azide groups is 2. The molecular weight excluding hydrogens is 316 g/mol. The average molecular weight is 353 g/mol. The van der Waals surface area contributed by atoms with Crippen LogP contribution in [0.2, 0.25) is 0 Å². The number of nitrogens with two attached hydrogens (primary N) is 2. The number of nitrogens with zero attached hydrogens (tertiary/aromatic N) is 6. The Labute approximate surface area is 152 Å². The molecule has 0 amide bonds. The number of rotatable bonds is 2. The fourth-order valence-electron chi connectivity index (χ4n) is 3.59. The van der Waals surface area contributed by atoms with E-state index in [1.165, 1.54) is 0 Å². The van der Waals surface area contributed by atoms with E-state index in [2.05, 4.69) is 47.7 Å². The van der Waals surface area contributed by atoms with Gasteiger partial charge in [-0.3, -0.25) is 0 Å². The highest BCUT2D eigenvalue weighted by Crippen LogP contribution is 2.33. The van der Waals surface area contributed by atoms with E-state index >= 15 is 0 Å². The summed E-state index contributed by atoms with van der Waals surface area (Å²) in [4.78, 5) is 5.59. The van der Waals surface area contributed by atoms with Gasteiger partial charge in [-0.05, 0) is 60.4 Å². The summed E-state index contributed by atoms with van der Waals surface area (Å²) in [5.74, 6) is 2.57. The molecule has 8 atom stereocenters. The molecule has 2 aliphatic rings. The fourth-order valence-corrected chi connectivity index (χ4v) is 3.59. The third-order valence-electron chi connectivity index (χ3n) is 5.85. The molecule has 8 unspecified atom stereocenters. The largest absolute Gasteiger partial charge is 0.326 e. The predicted octanol–water partition coefficient (Wildman–Crippen LogP) is 4.75. The molecule has 0 aliphatic heterocycles. The van der Waals surface area contributed by atoms with Crippen LogP contribution in [0.3, 0.4) is 0 Å². The molecule has 2 rings (SSSR count). The second kappa shape index (κ2) is 11.2. The summed E-state index contributed by atoms with van der Waals surface area (Å²) in [5, 5.41) is 7.37. The highest BCUT2D eigenvalue weighted by molar-refractivity contribution is 4.91. The Morgan fingerprint density at radius 1 is 0.680 bits per heavy atom. The molecule has 0 aromatic rings. The zero-order chi connectivity index (χ0) is 18.3. The minimum absolute atomic E-state index is 0. The third kappa shape index (κ3) is 7.12. The van der Waals surface area contributed by atoms with Crippen molar-refractivity contribution in [2.24, 2.45) is 45.4 Å². The molecule has 144 valence electrons. The Morgan fingerprint density at radius 2 is 0.960 bits per heavy atom. The van der Waals surface area contributed by atoms with Crippen molar-refractivity contribution in [2.45, 2.75) is 85.0 Å². The molecule has 0 aromatic heterocycles. The van der Waals surface area contributed by atoms with Crippen LogP contribution in [0.25, 0.3) is 20.9 Å². The Balaban J connectivity index is 0.000000465. The lowest BCUT2D eigenvalue weighted by atomic mass is 9.77. The summed E-state index contributed by atoms with van der Waals surface area (Å²) in [6, 6.07) is 0.154. The first-order chi connectivity index (χ1) is 11.3. The van der Waals surface area contributed by atoms with Crippen LogP contribution in [0.5, 0.6) is 0 Å². The second-order valence-electron chi connectivity index (χ2n) is 7.72. The van der Waals surface area contributed by atoms with Crippen molar-refractivity contribution >= 4 is 0 Å². The van der Waals surface area contributed by atoms with E-state index in [0.717, 1.165) is 37.5 Å². The van der Waals surface area contributed by atoms with Crippen LogP contribution in [0.15, 0.2) is 10.2 Å². The van der Waals surface area contributed by atoms with Crippen molar-refractivity contribution < 1.29 is 0 Å². The molecule has 0 aromatic carbocycles. The molecule has 8 heteroatoms. The Hall–Kier alpha value is -1.46. The molecule has 0 bridgehead atoms. The highest BCUT2D eigenvalue weighted by Gasteiger charge is 2.31. The minimum atomic E-state index is -0.165. The monoisotopic (exact) mass is 352 g/mol. The first-order valence-corrected chi connectivity index (χ1v) is 8.89. The van der Waals surface area contributed by atoms with Crippen LogP contribution >= 0.6 is 0 Å². The van der Waals surface area contributed by atoms with Crippen LogP contribution in [0.1, 0.15) is 60.8 Å². The Kier molecular flexibility index (Phi) is 10.6. The first kappa shape index (κ1) is 23.5. The van der Waals surface area contributed by atoms with Crippen LogP contribution in [0, 0.1) is 23.7 Å². The quantitative estimate of drug-likeness (QED) is 0.418. The van der Waals surface area contributed by atoms with Gasteiger partial charge in [-0.25, -0.2) is 0 Å². The van der Waals surface area contributed by atoms with Gasteiger partial charge in [0.15, 0.2) is 0 Å². The lowest BCUT2D eigenvalue weighted by Gasteiger charge is -2.34. The maximum Gasteiger partial charge on any atom is 0.0461 e. The summed E-state index contributed by atoms with van der Waals surface area (Å²) in [5.41, 5.74) is 28.4. The van der Waals surface area contributed by atoms with Crippen molar-refractivity contribution in [3.63, 3.8) is 0 Å². The first-order valence-electron chi connectivity index (χ1n) is 8.89. The topological polar surface area (TPSA) is 150 Å². The van der Waals surface area contributed by atoms with E-state index in [-0.39, 0.29) is 31.6 Å². The molecule has 8 nitrogen and oxygen atoms in total. The van der Waals surface area contributed by atoms with Crippen LogP contribution in [0.4, 0.5) is 0 Å². The van der Waals surface area contributed by atoms with Crippen LogP contribution in [-0.2, 0) is 0 Å². The van der Waals surface area contributed by atoms with Gasteiger partial charge < -0.3 is 11.5 Å². The molecule has 4 N–H and O–H groups in total. The minimum Gasteiger partial charge on any atom is -0.326 e. The van der Waals surface area contributed by atoms with Gasteiger partial charge in [0.2, 0.25) is 0 Å². The molecule has 2 saturated carbocycles. The van der Waals surface area contributed by atoms with Gasteiger partial charge in [-0.15, -0.1) is 0 Å². The van der Waals surface area contributed by atoms with E-state index in [1.807, 2.05) is 0 Å². The summed E-state index contributed by atoms with van der Waals surface area (Å²) in [6.45, 7) is 8.79. The second-order valence-corrected chi connectivity index (χ2v) is 7.72. The molecule has 0 radical (unpaired) electrons. The Bertz CT molecular complexity index is 427. The maximum atomic E-state index is 8.38. The van der Waals surface area contributed by atoms with Gasteiger partial charge in [0.1, 0.15) is 0 Å². The molecule has 25 heavy (non-hydrogen) atoms. The summed E-state index contributed by atoms with van der Waals surface area (Å²) in [6.07, 6.45) is 3.83. The van der Waals surface area contributed by atoms with Gasteiger partial charge >= 0.3 is 0 Å². The zero-order valence-corrected chi connectivity index (χ0v) is 15.3. The normalized spacial score (nSPS) is 40.2. The number of hydrogen-bond acceptors (Lipinski definition) is 4.